The molecule has 0 saturated heterocycles. The molecule has 0 fully saturated rings. The summed E-state index contributed by atoms with van der Waals surface area (Å²) < 4.78 is 10.7. The maximum absolute atomic E-state index is 11.9. The van der Waals surface area contributed by atoms with Gasteiger partial charge < -0.3 is 14.8 Å². The highest BCUT2D eigenvalue weighted by Gasteiger charge is 2.16. The molecule has 0 radical (unpaired) electrons. The third-order valence-electron chi connectivity index (χ3n) is 3.79. The van der Waals surface area contributed by atoms with Gasteiger partial charge in [0, 0.05) is 16.9 Å². The fourth-order valence-corrected chi connectivity index (χ4v) is 2.51. The average Bonchev–Trinajstić information content (AvgIpc) is 2.70. The van der Waals surface area contributed by atoms with Gasteiger partial charge in [-0.15, -0.1) is 0 Å². The highest BCUT2D eigenvalue weighted by atomic mass is 16.5. The molecule has 5 heteroatoms. The number of para-hydroxylation sites is 2. The van der Waals surface area contributed by atoms with E-state index in [4.69, 9.17) is 14.9 Å². The Labute approximate surface area is 158 Å². The molecule has 3 aromatic carbocycles. The van der Waals surface area contributed by atoms with E-state index in [9.17, 15) is 4.79 Å². The van der Waals surface area contributed by atoms with Gasteiger partial charge in [-0.3, -0.25) is 5.41 Å². The number of benzene rings is 3. The summed E-state index contributed by atoms with van der Waals surface area (Å²) in [6.45, 7) is 1.95. The Morgan fingerprint density at radius 2 is 1.52 bits per heavy atom. The fraction of sp³-hybridized carbons (Fsp3) is 0.0909. The van der Waals surface area contributed by atoms with Crippen molar-refractivity contribution in [2.45, 2.75) is 6.92 Å². The maximum atomic E-state index is 11.9. The zero-order valence-electron chi connectivity index (χ0n) is 14.9. The number of hydrogen-bond donors (Lipinski definition) is 2. The van der Waals surface area contributed by atoms with E-state index < -0.39 is 5.97 Å². The van der Waals surface area contributed by atoms with Gasteiger partial charge in [-0.2, -0.15) is 0 Å². The van der Waals surface area contributed by atoms with Gasteiger partial charge in [-0.05, 0) is 49.4 Å². The van der Waals surface area contributed by atoms with Crippen LogP contribution in [0.3, 0.4) is 0 Å². The number of carbonyl (C=O) groups excluding carboxylic acids is 1. The highest BCUT2D eigenvalue weighted by molar-refractivity contribution is 6.43. The van der Waals surface area contributed by atoms with Crippen molar-refractivity contribution in [3.8, 4) is 11.5 Å². The minimum atomic E-state index is -0.640. The van der Waals surface area contributed by atoms with E-state index in [1.807, 2.05) is 66.7 Å². The van der Waals surface area contributed by atoms with Crippen molar-refractivity contribution in [3.05, 3.63) is 84.4 Å². The normalized spacial score (nSPS) is 10.1. The van der Waals surface area contributed by atoms with Crippen LogP contribution in [0.2, 0.25) is 0 Å². The monoisotopic (exact) mass is 360 g/mol. The van der Waals surface area contributed by atoms with Crippen molar-refractivity contribution in [1.82, 2.24) is 0 Å². The molecular formula is C22H20N2O3. The first kappa shape index (κ1) is 18.2. The topological polar surface area (TPSA) is 71.4 Å². The summed E-state index contributed by atoms with van der Waals surface area (Å²) in [6, 6.07) is 24.2. The summed E-state index contributed by atoms with van der Waals surface area (Å²) in [4.78, 5) is 11.9. The van der Waals surface area contributed by atoms with Gasteiger partial charge in [0.25, 0.3) is 0 Å². The molecule has 0 aromatic heterocycles. The quantitative estimate of drug-likeness (QED) is 0.451. The number of rotatable bonds is 7. The van der Waals surface area contributed by atoms with Crippen LogP contribution in [0.1, 0.15) is 12.5 Å². The number of anilines is 2. The molecule has 0 atom stereocenters. The number of hydrogen-bond acceptors (Lipinski definition) is 5. The third-order valence-corrected chi connectivity index (χ3v) is 3.79. The average molecular weight is 360 g/mol. The minimum absolute atomic E-state index is 0.177. The van der Waals surface area contributed by atoms with E-state index >= 15 is 0 Å². The molecule has 0 spiro atoms. The molecule has 0 amide bonds. The second kappa shape index (κ2) is 8.67. The minimum Gasteiger partial charge on any atom is -0.461 e. The summed E-state index contributed by atoms with van der Waals surface area (Å²) in [5.74, 6) is 0.851. The van der Waals surface area contributed by atoms with Crippen LogP contribution >= 0.6 is 0 Å². The summed E-state index contributed by atoms with van der Waals surface area (Å²) in [7, 11) is 0. The summed E-state index contributed by atoms with van der Waals surface area (Å²) in [5, 5.41) is 11.3. The molecule has 0 aliphatic heterocycles. The lowest BCUT2D eigenvalue weighted by atomic mass is 10.1. The molecule has 2 N–H and O–H groups in total. The van der Waals surface area contributed by atoms with E-state index in [2.05, 4.69) is 5.32 Å². The first-order valence-corrected chi connectivity index (χ1v) is 8.62. The van der Waals surface area contributed by atoms with Crippen LogP contribution in [0.5, 0.6) is 11.5 Å². The van der Waals surface area contributed by atoms with Crippen LogP contribution in [0, 0.1) is 5.41 Å². The number of nitrogens with one attached hydrogen (secondary N) is 2. The van der Waals surface area contributed by atoms with Crippen molar-refractivity contribution in [3.63, 3.8) is 0 Å². The van der Waals surface area contributed by atoms with Crippen LogP contribution < -0.4 is 10.1 Å². The number of carbonyl (C=O) groups is 1. The number of ether oxygens (including phenoxy) is 2. The Morgan fingerprint density at radius 3 is 2.22 bits per heavy atom. The van der Waals surface area contributed by atoms with Gasteiger partial charge in [0.2, 0.25) is 0 Å². The van der Waals surface area contributed by atoms with E-state index in [0.29, 0.717) is 11.3 Å². The summed E-state index contributed by atoms with van der Waals surface area (Å²) in [5.41, 5.74) is 1.79. The second-order valence-corrected chi connectivity index (χ2v) is 5.71. The molecule has 0 saturated carbocycles. The smallest absolute Gasteiger partial charge is 0.356 e. The molecule has 0 heterocycles. The Bertz CT molecular complexity index is 922. The van der Waals surface area contributed by atoms with E-state index in [1.165, 1.54) is 0 Å². The SMILES string of the molecule is CCOC(=O)C(=N)c1ccccc1Nc1ccc(Oc2ccccc2)cc1. The van der Waals surface area contributed by atoms with Crippen LogP contribution in [-0.4, -0.2) is 18.3 Å². The Hall–Kier alpha value is -3.60. The second-order valence-electron chi connectivity index (χ2n) is 5.71. The maximum Gasteiger partial charge on any atom is 0.356 e. The molecular weight excluding hydrogens is 340 g/mol. The molecule has 3 rings (SSSR count). The zero-order valence-corrected chi connectivity index (χ0v) is 14.9. The molecule has 0 aliphatic carbocycles. The van der Waals surface area contributed by atoms with Crippen molar-refractivity contribution in [2.24, 2.45) is 0 Å². The molecule has 0 aliphatic rings. The summed E-state index contributed by atoms with van der Waals surface area (Å²) >= 11 is 0. The lowest BCUT2D eigenvalue weighted by molar-refractivity contribution is -0.135. The van der Waals surface area contributed by atoms with Gasteiger partial charge in [0.05, 0.1) is 6.61 Å². The van der Waals surface area contributed by atoms with Crippen LogP contribution in [-0.2, 0) is 9.53 Å². The predicted molar refractivity (Wildman–Crippen MR) is 106 cm³/mol. The molecule has 27 heavy (non-hydrogen) atoms. The molecule has 136 valence electrons. The van der Waals surface area contributed by atoms with Crippen LogP contribution in [0.15, 0.2) is 78.9 Å². The molecule has 0 unspecified atom stereocenters. The van der Waals surface area contributed by atoms with E-state index in [0.717, 1.165) is 17.2 Å². The lowest BCUT2D eigenvalue weighted by Crippen LogP contribution is -2.18. The van der Waals surface area contributed by atoms with Gasteiger partial charge in [0.15, 0.2) is 0 Å². The molecule has 0 bridgehead atoms. The van der Waals surface area contributed by atoms with Gasteiger partial charge in [-0.1, -0.05) is 36.4 Å². The summed E-state index contributed by atoms with van der Waals surface area (Å²) in [6.07, 6.45) is 0. The van der Waals surface area contributed by atoms with Crippen LogP contribution in [0.4, 0.5) is 11.4 Å². The Balaban J connectivity index is 1.74. The standard InChI is InChI=1S/C22H20N2O3/c1-2-26-22(25)21(23)19-10-6-7-11-20(19)24-16-12-14-18(15-13-16)27-17-8-4-3-5-9-17/h3-15,23-24H,2H2,1H3. The van der Waals surface area contributed by atoms with Crippen molar-refractivity contribution >= 4 is 23.1 Å². The van der Waals surface area contributed by atoms with Gasteiger partial charge in [-0.25, -0.2) is 4.79 Å². The fourth-order valence-electron chi connectivity index (χ4n) is 2.51. The highest BCUT2D eigenvalue weighted by Crippen LogP contribution is 2.26. The Kier molecular flexibility index (Phi) is 5.84. The lowest BCUT2D eigenvalue weighted by Gasteiger charge is -2.13. The van der Waals surface area contributed by atoms with Crippen LogP contribution in [0.25, 0.3) is 0 Å². The Morgan fingerprint density at radius 1 is 0.889 bits per heavy atom. The first-order chi connectivity index (χ1) is 13.2. The largest absolute Gasteiger partial charge is 0.461 e. The van der Waals surface area contributed by atoms with E-state index in [-0.39, 0.29) is 12.3 Å². The zero-order chi connectivity index (χ0) is 19.1. The first-order valence-electron chi connectivity index (χ1n) is 8.62. The van der Waals surface area contributed by atoms with E-state index in [1.54, 1.807) is 19.1 Å². The van der Waals surface area contributed by atoms with Crippen molar-refractivity contribution < 1.29 is 14.3 Å². The molecule has 3 aromatic rings. The predicted octanol–water partition coefficient (Wildman–Crippen LogP) is 5.15. The van der Waals surface area contributed by atoms with Gasteiger partial charge >= 0.3 is 5.97 Å². The van der Waals surface area contributed by atoms with Gasteiger partial charge in [0.1, 0.15) is 17.2 Å². The third kappa shape index (κ3) is 4.73. The molecule has 5 nitrogen and oxygen atoms in total. The number of esters is 1. The van der Waals surface area contributed by atoms with Crippen molar-refractivity contribution in [1.29, 1.82) is 5.41 Å². The van der Waals surface area contributed by atoms with Crippen molar-refractivity contribution in [2.75, 3.05) is 11.9 Å².